The van der Waals surface area contributed by atoms with E-state index in [9.17, 15) is 9.59 Å². The largest absolute Gasteiger partial charge is 0.444 e. The molecule has 1 aliphatic carbocycles. The number of primary amides is 1. The number of amides is 2. The quantitative estimate of drug-likeness (QED) is 0.754. The van der Waals surface area contributed by atoms with E-state index in [1.54, 1.807) is 12.1 Å². The average Bonchev–Trinajstić information content (AvgIpc) is 3.08. The van der Waals surface area contributed by atoms with Crippen LogP contribution in [0, 0.1) is 11.3 Å². The van der Waals surface area contributed by atoms with Crippen LogP contribution < -0.4 is 11.1 Å². The molecule has 2 aromatic heterocycles. The molecule has 0 saturated carbocycles. The Bertz CT molecular complexity index is 832. The second-order valence-corrected chi connectivity index (χ2v) is 9.32. The van der Waals surface area contributed by atoms with E-state index in [1.165, 1.54) is 11.3 Å². The van der Waals surface area contributed by atoms with Crippen LogP contribution in [0.2, 0.25) is 0 Å². The molecule has 0 aliphatic heterocycles. The average molecular weight is 425 g/mol. The first kappa shape index (κ1) is 18.2. The lowest BCUT2D eigenvalue weighted by Crippen LogP contribution is -2.27. The summed E-state index contributed by atoms with van der Waals surface area (Å²) < 4.78 is 5.75. The zero-order valence-corrected chi connectivity index (χ0v) is 16.8. The summed E-state index contributed by atoms with van der Waals surface area (Å²) in [6.45, 7) is 6.72. The summed E-state index contributed by atoms with van der Waals surface area (Å²) in [5.74, 6) is -0.160. The summed E-state index contributed by atoms with van der Waals surface area (Å²) >= 11 is 4.63. The number of fused-ring (bicyclic) bond motifs is 1. The zero-order valence-electron chi connectivity index (χ0n) is 14.4. The van der Waals surface area contributed by atoms with Gasteiger partial charge in [-0.1, -0.05) is 20.8 Å². The first-order valence-corrected chi connectivity index (χ1v) is 9.78. The molecule has 3 N–H and O–H groups in total. The number of carbonyl (C=O) groups is 2. The monoisotopic (exact) mass is 424 g/mol. The summed E-state index contributed by atoms with van der Waals surface area (Å²) in [6, 6.07) is 3.23. The van der Waals surface area contributed by atoms with Gasteiger partial charge < -0.3 is 15.5 Å². The van der Waals surface area contributed by atoms with E-state index >= 15 is 0 Å². The molecule has 0 radical (unpaired) electrons. The van der Waals surface area contributed by atoms with Gasteiger partial charge in [0.15, 0.2) is 10.4 Å². The summed E-state index contributed by atoms with van der Waals surface area (Å²) in [6.07, 6.45) is 2.74. The van der Waals surface area contributed by atoms with E-state index in [0.29, 0.717) is 21.2 Å². The highest BCUT2D eigenvalue weighted by Gasteiger charge is 2.33. The number of nitrogens with one attached hydrogen (secondary N) is 1. The highest BCUT2D eigenvalue weighted by molar-refractivity contribution is 9.10. The van der Waals surface area contributed by atoms with Crippen LogP contribution in [0.5, 0.6) is 0 Å². The zero-order chi connectivity index (χ0) is 18.4. The van der Waals surface area contributed by atoms with Crippen LogP contribution in [0.3, 0.4) is 0 Å². The van der Waals surface area contributed by atoms with Crippen molar-refractivity contribution in [2.75, 3.05) is 5.32 Å². The lowest BCUT2D eigenvalue weighted by molar-refractivity contribution is 0.0996. The van der Waals surface area contributed by atoms with Gasteiger partial charge in [-0.05, 0) is 64.2 Å². The van der Waals surface area contributed by atoms with Crippen LogP contribution in [0.4, 0.5) is 5.00 Å². The first-order chi connectivity index (χ1) is 11.7. The topological polar surface area (TPSA) is 85.3 Å². The van der Waals surface area contributed by atoms with E-state index < -0.39 is 5.91 Å². The van der Waals surface area contributed by atoms with Gasteiger partial charge in [0.05, 0.1) is 5.56 Å². The van der Waals surface area contributed by atoms with Gasteiger partial charge in [0.25, 0.3) is 11.8 Å². The van der Waals surface area contributed by atoms with E-state index in [-0.39, 0.29) is 17.1 Å². The molecule has 1 atom stereocenters. The number of halogens is 1. The fourth-order valence-corrected chi connectivity index (χ4v) is 4.91. The Morgan fingerprint density at radius 2 is 2.08 bits per heavy atom. The molecule has 0 aromatic carbocycles. The molecule has 5 nitrogen and oxygen atoms in total. The van der Waals surface area contributed by atoms with Crippen molar-refractivity contribution in [1.29, 1.82) is 0 Å². The highest BCUT2D eigenvalue weighted by atomic mass is 79.9. The first-order valence-electron chi connectivity index (χ1n) is 8.18. The van der Waals surface area contributed by atoms with Crippen LogP contribution in [-0.4, -0.2) is 11.8 Å². The summed E-state index contributed by atoms with van der Waals surface area (Å²) in [5.41, 5.74) is 7.26. The Morgan fingerprint density at radius 3 is 2.64 bits per heavy atom. The van der Waals surface area contributed by atoms with E-state index in [2.05, 4.69) is 42.0 Å². The standard InChI is InChI=1S/C18H21BrN2O3S/c1-18(2,3)9-4-5-10-12(8-9)25-17(14(10)15(20)22)21-16(23)11-6-7-13(19)24-11/h6-7,9H,4-5,8H2,1-3H3,(H2,20,22)(H,21,23). The fourth-order valence-electron chi connectivity index (χ4n) is 3.27. The van der Waals surface area contributed by atoms with Crippen LogP contribution in [0.25, 0.3) is 0 Å². The number of carbonyl (C=O) groups excluding carboxylic acids is 2. The Labute approximate surface area is 159 Å². The fraction of sp³-hybridized carbons (Fsp3) is 0.444. The molecule has 0 fully saturated rings. The van der Waals surface area contributed by atoms with Gasteiger partial charge in [-0.15, -0.1) is 11.3 Å². The van der Waals surface area contributed by atoms with Crippen molar-refractivity contribution in [2.24, 2.45) is 17.1 Å². The third kappa shape index (κ3) is 3.67. The van der Waals surface area contributed by atoms with Crippen LogP contribution in [-0.2, 0) is 12.8 Å². The minimum Gasteiger partial charge on any atom is -0.444 e. The van der Waals surface area contributed by atoms with Crippen molar-refractivity contribution >= 4 is 44.1 Å². The smallest absolute Gasteiger partial charge is 0.292 e. The van der Waals surface area contributed by atoms with E-state index in [0.717, 1.165) is 29.7 Å². The number of anilines is 1. The van der Waals surface area contributed by atoms with Crippen LogP contribution in [0.1, 0.15) is 58.5 Å². The molecule has 0 spiro atoms. The van der Waals surface area contributed by atoms with Gasteiger partial charge in [-0.25, -0.2) is 0 Å². The molecule has 2 amide bonds. The number of nitrogens with two attached hydrogens (primary N) is 1. The van der Waals surface area contributed by atoms with Gasteiger partial charge in [-0.3, -0.25) is 9.59 Å². The maximum atomic E-state index is 12.4. The number of rotatable bonds is 3. The molecule has 2 aromatic rings. The summed E-state index contributed by atoms with van der Waals surface area (Å²) in [7, 11) is 0. The van der Waals surface area contributed by atoms with Crippen molar-refractivity contribution in [2.45, 2.75) is 40.0 Å². The normalized spacial score (nSPS) is 17.2. The molecule has 134 valence electrons. The maximum absolute atomic E-state index is 12.4. The Hall–Kier alpha value is -1.60. The van der Waals surface area contributed by atoms with Gasteiger partial charge >= 0.3 is 0 Å². The third-order valence-electron chi connectivity index (χ3n) is 4.76. The van der Waals surface area contributed by atoms with Crippen molar-refractivity contribution in [1.82, 2.24) is 0 Å². The minimum absolute atomic E-state index is 0.182. The molecule has 7 heteroatoms. The molecule has 1 unspecified atom stereocenters. The Morgan fingerprint density at radius 1 is 1.36 bits per heavy atom. The third-order valence-corrected chi connectivity index (χ3v) is 6.36. The Balaban J connectivity index is 1.91. The predicted octanol–water partition coefficient (Wildman–Crippen LogP) is 4.61. The van der Waals surface area contributed by atoms with E-state index in [1.807, 2.05) is 0 Å². The summed E-state index contributed by atoms with van der Waals surface area (Å²) in [5, 5.41) is 3.31. The molecule has 2 heterocycles. The molecule has 0 bridgehead atoms. The Kier molecular flexibility index (Phi) is 4.81. The predicted molar refractivity (Wildman–Crippen MR) is 102 cm³/mol. The lowest BCUT2D eigenvalue weighted by Gasteiger charge is -2.33. The van der Waals surface area contributed by atoms with Crippen molar-refractivity contribution in [3.8, 4) is 0 Å². The number of hydrogen-bond donors (Lipinski definition) is 2. The van der Waals surface area contributed by atoms with Crippen LogP contribution in [0.15, 0.2) is 21.2 Å². The number of thiophene rings is 1. The second kappa shape index (κ2) is 6.61. The lowest BCUT2D eigenvalue weighted by atomic mass is 9.72. The van der Waals surface area contributed by atoms with Gasteiger partial charge in [0.1, 0.15) is 5.00 Å². The molecule has 25 heavy (non-hydrogen) atoms. The minimum atomic E-state index is -0.498. The van der Waals surface area contributed by atoms with Crippen molar-refractivity contribution in [3.05, 3.63) is 38.6 Å². The summed E-state index contributed by atoms with van der Waals surface area (Å²) in [4.78, 5) is 25.5. The highest BCUT2D eigenvalue weighted by Crippen LogP contribution is 2.44. The van der Waals surface area contributed by atoms with Crippen molar-refractivity contribution in [3.63, 3.8) is 0 Å². The molecule has 0 saturated heterocycles. The van der Waals surface area contributed by atoms with Gasteiger partial charge in [0, 0.05) is 4.88 Å². The van der Waals surface area contributed by atoms with E-state index in [4.69, 9.17) is 10.2 Å². The van der Waals surface area contributed by atoms with Crippen molar-refractivity contribution < 1.29 is 14.0 Å². The molecule has 1 aliphatic rings. The molecule has 3 rings (SSSR count). The molecular weight excluding hydrogens is 404 g/mol. The van der Waals surface area contributed by atoms with Gasteiger partial charge in [-0.2, -0.15) is 0 Å². The number of furan rings is 1. The van der Waals surface area contributed by atoms with Crippen LogP contribution >= 0.6 is 27.3 Å². The second-order valence-electron chi connectivity index (χ2n) is 7.44. The maximum Gasteiger partial charge on any atom is 0.292 e. The SMILES string of the molecule is CC(C)(C)C1CCc2c(sc(NC(=O)c3ccc(Br)o3)c2C(N)=O)C1. The molecular formula is C18H21BrN2O3S. The van der Waals surface area contributed by atoms with Gasteiger partial charge in [0.2, 0.25) is 0 Å². The number of hydrogen-bond acceptors (Lipinski definition) is 4.